The Labute approximate surface area is 38.6 Å². The van der Waals surface area contributed by atoms with Crippen LogP contribution in [0.25, 0.3) is 0 Å². The van der Waals surface area contributed by atoms with Gasteiger partial charge in [-0.15, -0.1) is 0 Å². The highest BCUT2D eigenvalue weighted by molar-refractivity contribution is 4.69. The van der Waals surface area contributed by atoms with E-state index in [4.69, 9.17) is 0 Å². The second kappa shape index (κ2) is 4.54. The van der Waals surface area contributed by atoms with Gasteiger partial charge in [-0.05, 0) is 6.42 Å². The minimum atomic E-state index is 1.01. The summed E-state index contributed by atoms with van der Waals surface area (Å²) in [5.74, 6) is 0. The molecule has 0 atom stereocenters. The van der Waals surface area contributed by atoms with Crippen LogP contribution in [0, 0.1) is 7.11 Å². The highest BCUT2D eigenvalue weighted by atomic mass is 16.5. The average Bonchev–Trinajstić information content (AvgIpc) is 1.61. The lowest BCUT2D eigenvalue weighted by Crippen LogP contribution is -1.57. The van der Waals surface area contributed by atoms with Gasteiger partial charge < -0.3 is 4.74 Å². The Bertz CT molecular complexity index is 33.2. The summed E-state index contributed by atoms with van der Waals surface area (Å²) >= 11 is 0. The molecule has 0 aliphatic carbocycles. The van der Waals surface area contributed by atoms with Crippen molar-refractivity contribution >= 4 is 0 Å². The molecule has 0 aromatic carbocycles. The van der Waals surface area contributed by atoms with Crippen LogP contribution in [0.3, 0.4) is 0 Å². The molecule has 0 saturated carbocycles. The van der Waals surface area contributed by atoms with Crippen LogP contribution in [0.15, 0.2) is 12.3 Å². The predicted molar refractivity (Wildman–Crippen MR) is 25.9 cm³/mol. The summed E-state index contributed by atoms with van der Waals surface area (Å²) in [6.07, 6.45) is 4.47. The summed E-state index contributed by atoms with van der Waals surface area (Å²) in [7, 11) is 3.14. The SMILES string of the molecule is [CH2]O/C=C\CC. The summed E-state index contributed by atoms with van der Waals surface area (Å²) in [4.78, 5) is 0. The van der Waals surface area contributed by atoms with Crippen molar-refractivity contribution in [3.63, 3.8) is 0 Å². The predicted octanol–water partition coefficient (Wildman–Crippen LogP) is 1.72. The molecule has 0 rings (SSSR count). The molecule has 1 heteroatoms. The number of allylic oxidation sites excluding steroid dienone is 1. The van der Waals surface area contributed by atoms with E-state index in [-0.39, 0.29) is 0 Å². The number of hydrogen-bond donors (Lipinski definition) is 0. The molecule has 0 fully saturated rings. The zero-order chi connectivity index (χ0) is 4.83. The first-order valence-corrected chi connectivity index (χ1v) is 1.97. The van der Waals surface area contributed by atoms with Crippen molar-refractivity contribution < 1.29 is 4.74 Å². The van der Waals surface area contributed by atoms with Crippen LogP contribution in [-0.4, -0.2) is 0 Å². The van der Waals surface area contributed by atoms with E-state index in [0.717, 1.165) is 6.42 Å². The molecule has 0 spiro atoms. The van der Waals surface area contributed by atoms with Gasteiger partial charge in [-0.1, -0.05) is 13.0 Å². The summed E-state index contributed by atoms with van der Waals surface area (Å²) in [5.41, 5.74) is 0. The summed E-state index contributed by atoms with van der Waals surface area (Å²) in [5, 5.41) is 0. The van der Waals surface area contributed by atoms with E-state index in [1.54, 1.807) is 6.26 Å². The molecule has 1 radical (unpaired) electrons. The molecule has 35 valence electrons. The molecule has 0 unspecified atom stereocenters. The fourth-order valence-electron chi connectivity index (χ4n) is 0.164. The van der Waals surface area contributed by atoms with Gasteiger partial charge in [0.1, 0.15) is 7.11 Å². The number of rotatable bonds is 2. The Hall–Kier alpha value is -0.460. The van der Waals surface area contributed by atoms with Crippen molar-refractivity contribution in [2.24, 2.45) is 0 Å². The van der Waals surface area contributed by atoms with E-state index in [0.29, 0.717) is 0 Å². The molecular formula is C5H9O. The Kier molecular flexibility index (Phi) is 4.19. The molecule has 0 aliphatic heterocycles. The van der Waals surface area contributed by atoms with Crippen LogP contribution in [0.5, 0.6) is 0 Å². The molecule has 0 bridgehead atoms. The quantitative estimate of drug-likeness (QED) is 0.464. The highest BCUT2D eigenvalue weighted by Crippen LogP contribution is 1.77. The van der Waals surface area contributed by atoms with Crippen molar-refractivity contribution in [1.82, 2.24) is 0 Å². The third-order valence-corrected chi connectivity index (χ3v) is 0.428. The van der Waals surface area contributed by atoms with Gasteiger partial charge in [0.2, 0.25) is 0 Å². The molecule has 0 aliphatic rings. The Morgan fingerprint density at radius 1 is 1.83 bits per heavy atom. The summed E-state index contributed by atoms with van der Waals surface area (Å²) < 4.78 is 4.35. The van der Waals surface area contributed by atoms with E-state index >= 15 is 0 Å². The van der Waals surface area contributed by atoms with Gasteiger partial charge in [0.25, 0.3) is 0 Å². The third kappa shape index (κ3) is 3.54. The topological polar surface area (TPSA) is 9.23 Å². The first kappa shape index (κ1) is 5.54. The lowest BCUT2D eigenvalue weighted by atomic mass is 10.5. The largest absolute Gasteiger partial charge is 0.498 e. The molecule has 0 saturated heterocycles. The van der Waals surface area contributed by atoms with E-state index < -0.39 is 0 Å². The summed E-state index contributed by atoms with van der Waals surface area (Å²) in [6, 6.07) is 0. The highest BCUT2D eigenvalue weighted by Gasteiger charge is 1.58. The maximum Gasteiger partial charge on any atom is 0.121 e. The second-order valence-electron chi connectivity index (χ2n) is 0.947. The third-order valence-electron chi connectivity index (χ3n) is 0.428. The van der Waals surface area contributed by atoms with Crippen molar-refractivity contribution in [1.29, 1.82) is 0 Å². The van der Waals surface area contributed by atoms with Gasteiger partial charge in [0.15, 0.2) is 0 Å². The first-order valence-electron chi connectivity index (χ1n) is 1.97. The molecule has 0 aromatic rings. The molecular weight excluding hydrogens is 76.1 g/mol. The smallest absolute Gasteiger partial charge is 0.121 e. The standard InChI is InChI=1S/C5H9O/c1-3-4-5-6-2/h4-5H,2-3H2,1H3/b5-4-. The second-order valence-corrected chi connectivity index (χ2v) is 0.947. The minimum absolute atomic E-state index is 1.01. The average molecular weight is 85.1 g/mol. The van der Waals surface area contributed by atoms with Gasteiger partial charge in [-0.2, -0.15) is 0 Å². The van der Waals surface area contributed by atoms with Crippen molar-refractivity contribution in [2.75, 3.05) is 0 Å². The molecule has 0 N–H and O–H groups in total. The lowest BCUT2D eigenvalue weighted by molar-refractivity contribution is 0.392. The number of hydrogen-bond acceptors (Lipinski definition) is 1. The monoisotopic (exact) mass is 85.1 g/mol. The Morgan fingerprint density at radius 3 is 2.67 bits per heavy atom. The Morgan fingerprint density at radius 2 is 2.50 bits per heavy atom. The fraction of sp³-hybridized carbons (Fsp3) is 0.400. The van der Waals surface area contributed by atoms with Crippen molar-refractivity contribution in [3.8, 4) is 0 Å². The van der Waals surface area contributed by atoms with Crippen LogP contribution < -0.4 is 0 Å². The molecule has 1 nitrogen and oxygen atoms in total. The van der Waals surface area contributed by atoms with Gasteiger partial charge in [-0.25, -0.2) is 0 Å². The van der Waals surface area contributed by atoms with Gasteiger partial charge in [-0.3, -0.25) is 0 Å². The molecule has 6 heavy (non-hydrogen) atoms. The van der Waals surface area contributed by atoms with Gasteiger partial charge in [0.05, 0.1) is 6.26 Å². The van der Waals surface area contributed by atoms with Crippen LogP contribution in [0.1, 0.15) is 13.3 Å². The van der Waals surface area contributed by atoms with E-state index in [9.17, 15) is 0 Å². The number of ether oxygens (including phenoxy) is 1. The van der Waals surface area contributed by atoms with E-state index in [2.05, 4.69) is 11.8 Å². The van der Waals surface area contributed by atoms with Crippen LogP contribution >= 0.6 is 0 Å². The van der Waals surface area contributed by atoms with Gasteiger partial charge in [0, 0.05) is 0 Å². The minimum Gasteiger partial charge on any atom is -0.498 e. The van der Waals surface area contributed by atoms with Gasteiger partial charge >= 0.3 is 0 Å². The van der Waals surface area contributed by atoms with Crippen LogP contribution in [-0.2, 0) is 4.74 Å². The van der Waals surface area contributed by atoms with Crippen LogP contribution in [0.2, 0.25) is 0 Å². The first-order chi connectivity index (χ1) is 2.91. The van der Waals surface area contributed by atoms with Crippen molar-refractivity contribution in [3.05, 3.63) is 19.4 Å². The van der Waals surface area contributed by atoms with Crippen molar-refractivity contribution in [2.45, 2.75) is 13.3 Å². The molecule has 0 heterocycles. The van der Waals surface area contributed by atoms with E-state index in [1.807, 2.05) is 13.0 Å². The maximum absolute atomic E-state index is 4.35. The zero-order valence-electron chi connectivity index (χ0n) is 3.98. The molecule has 0 aromatic heterocycles. The maximum atomic E-state index is 4.35. The van der Waals surface area contributed by atoms with E-state index in [1.165, 1.54) is 0 Å². The summed E-state index contributed by atoms with van der Waals surface area (Å²) in [6.45, 7) is 2.04. The fourth-order valence-corrected chi connectivity index (χ4v) is 0.164. The molecule has 0 amide bonds. The Balaban J connectivity index is 2.73. The van der Waals surface area contributed by atoms with Crippen LogP contribution in [0.4, 0.5) is 0 Å². The zero-order valence-corrected chi connectivity index (χ0v) is 3.98. The normalized spacial score (nSPS) is 9.67. The lowest BCUT2D eigenvalue weighted by Gasteiger charge is -1.79.